The zero-order chi connectivity index (χ0) is 16.8. The minimum atomic E-state index is -0.329. The summed E-state index contributed by atoms with van der Waals surface area (Å²) in [5.41, 5.74) is 1.52. The fourth-order valence-electron chi connectivity index (χ4n) is 5.29. The second-order valence-corrected chi connectivity index (χ2v) is 12.3. The summed E-state index contributed by atoms with van der Waals surface area (Å²) >= 11 is 6.03. The average molecular weight is 389 g/mol. The molecule has 0 bridgehead atoms. The van der Waals surface area contributed by atoms with Gasteiger partial charge in [0.1, 0.15) is 0 Å². The van der Waals surface area contributed by atoms with E-state index in [1.165, 1.54) is 50.5 Å². The molecule has 1 saturated carbocycles. The molecule has 0 unspecified atom stereocenters. The molecule has 25 heavy (non-hydrogen) atoms. The molecule has 0 aromatic heterocycles. The zero-order valence-electron chi connectivity index (χ0n) is 18.2. The maximum Gasteiger partial charge on any atom is 2.00 e. The van der Waals surface area contributed by atoms with E-state index in [0.29, 0.717) is 0 Å². The van der Waals surface area contributed by atoms with Crippen LogP contribution in [-0.4, -0.2) is 31.8 Å². The van der Waals surface area contributed by atoms with Crippen molar-refractivity contribution in [3.63, 3.8) is 0 Å². The minimum Gasteiger partial charge on any atom is -1.00 e. The van der Waals surface area contributed by atoms with Crippen LogP contribution in [0.15, 0.2) is 24.3 Å². The summed E-state index contributed by atoms with van der Waals surface area (Å²) in [6, 6.07) is 13.6. The van der Waals surface area contributed by atoms with E-state index in [9.17, 15) is 0 Å². The van der Waals surface area contributed by atoms with Crippen LogP contribution in [0, 0.1) is 11.8 Å². The molecule has 0 N–H and O–H groups in total. The van der Waals surface area contributed by atoms with Crippen LogP contribution in [0.1, 0.15) is 79.0 Å². The van der Waals surface area contributed by atoms with Crippen molar-refractivity contribution in [1.29, 1.82) is 0 Å². The van der Waals surface area contributed by atoms with Crippen LogP contribution in [0.3, 0.4) is 0 Å². The van der Waals surface area contributed by atoms with Crippen LogP contribution in [0.4, 0.5) is 0 Å². The Morgan fingerprint density at radius 1 is 0.920 bits per heavy atom. The maximum atomic E-state index is 6.03. The molecule has 1 aliphatic heterocycles. The number of unbranched alkanes of at least 4 members (excludes halogenated alkanes) is 2. The van der Waals surface area contributed by atoms with E-state index in [0.717, 1.165) is 22.8 Å². The smallest absolute Gasteiger partial charge is 1.00 e. The molecule has 0 radical (unpaired) electrons. The molecule has 1 heterocycles. The average Bonchev–Trinajstić information content (AvgIpc) is 2.63. The Labute approximate surface area is 181 Å². The van der Waals surface area contributed by atoms with Gasteiger partial charge >= 0.3 is 23.1 Å². The molecule has 1 aliphatic carbocycles. The Morgan fingerprint density at radius 2 is 1.52 bits per heavy atom. The van der Waals surface area contributed by atoms with E-state index in [1.54, 1.807) is 31.0 Å². The quantitative estimate of drug-likeness (QED) is 0.354. The van der Waals surface area contributed by atoms with E-state index in [1.807, 2.05) is 0 Å². The van der Waals surface area contributed by atoms with Crippen molar-refractivity contribution in [3.8, 4) is 0 Å². The first kappa shape index (κ1) is 21.8. The molecule has 0 amide bonds. The molecule has 2 aliphatic rings. The molecule has 3 rings (SSSR count). The van der Waals surface area contributed by atoms with Gasteiger partial charge in [-0.25, -0.2) is 0 Å². The summed E-state index contributed by atoms with van der Waals surface area (Å²) in [4.78, 5) is 0. The second kappa shape index (κ2) is 11.4. The summed E-state index contributed by atoms with van der Waals surface area (Å²) in [6.45, 7) is 2.33. The SMILES string of the molecule is CCCCC[SiH]1CCC(C2CCC(c3ccc(Cl)cc3)CC2)CC1.[H-].[H-].[Mg+2]. The summed E-state index contributed by atoms with van der Waals surface area (Å²) in [5.74, 6) is 2.91. The zero-order valence-corrected chi connectivity index (χ0v) is 19.5. The number of halogens is 1. The Morgan fingerprint density at radius 3 is 2.12 bits per heavy atom. The van der Waals surface area contributed by atoms with Gasteiger partial charge in [0.15, 0.2) is 0 Å². The second-order valence-electron chi connectivity index (χ2n) is 8.44. The van der Waals surface area contributed by atoms with Crippen LogP contribution in [0.25, 0.3) is 0 Å². The van der Waals surface area contributed by atoms with Gasteiger partial charge in [0.05, 0.1) is 0 Å². The Bertz CT molecular complexity index is 484. The topological polar surface area (TPSA) is 0 Å². The van der Waals surface area contributed by atoms with Crippen LogP contribution >= 0.6 is 11.6 Å². The fourth-order valence-corrected chi connectivity index (χ4v) is 8.95. The number of benzene rings is 1. The van der Waals surface area contributed by atoms with Gasteiger partial charge in [-0.1, -0.05) is 80.9 Å². The van der Waals surface area contributed by atoms with E-state index in [-0.39, 0.29) is 34.7 Å². The molecule has 138 valence electrons. The first-order valence-corrected chi connectivity index (χ1v) is 13.3. The normalized spacial score (nSPS) is 29.8. The first-order valence-electron chi connectivity index (χ1n) is 10.5. The summed E-state index contributed by atoms with van der Waals surface area (Å²) in [7, 11) is -0.329. The van der Waals surface area contributed by atoms with Gasteiger partial charge in [0, 0.05) is 13.8 Å². The summed E-state index contributed by atoms with van der Waals surface area (Å²) in [5, 5.41) is 0.868. The van der Waals surface area contributed by atoms with Crippen molar-refractivity contribution in [1.82, 2.24) is 0 Å². The Hall–Kier alpha value is 0.493. The van der Waals surface area contributed by atoms with Crippen molar-refractivity contribution < 1.29 is 2.85 Å². The molecule has 0 spiro atoms. The largest absolute Gasteiger partial charge is 2.00 e. The van der Waals surface area contributed by atoms with Gasteiger partial charge in [-0.3, -0.25) is 0 Å². The fraction of sp³-hybridized carbons (Fsp3) is 0.727. The predicted octanol–water partition coefficient (Wildman–Crippen LogP) is 7.29. The van der Waals surface area contributed by atoms with Gasteiger partial charge in [-0.2, -0.15) is 0 Å². The van der Waals surface area contributed by atoms with E-state index < -0.39 is 0 Å². The standard InChI is InChI=1S/C22H35ClSi.Mg.2H/c1-2-3-4-15-24-16-13-21(14-17-24)19-7-5-18(6-8-19)20-9-11-22(23)12-10-20;;;/h9-12,18-19,21,24H,2-8,13-17H2,1H3;;;/q;+2;2*-1. The molecular weight excluding hydrogens is 352 g/mol. The van der Waals surface area contributed by atoms with Crippen LogP contribution < -0.4 is 0 Å². The molecule has 0 nitrogen and oxygen atoms in total. The van der Waals surface area contributed by atoms with Gasteiger partial charge in [0.25, 0.3) is 0 Å². The van der Waals surface area contributed by atoms with Gasteiger partial charge < -0.3 is 2.85 Å². The molecule has 3 heteroatoms. The summed E-state index contributed by atoms with van der Waals surface area (Å²) < 4.78 is 0. The Balaban J connectivity index is 0.00000225. The number of hydrogen-bond donors (Lipinski definition) is 0. The Kier molecular flexibility index (Phi) is 9.90. The predicted molar refractivity (Wildman–Crippen MR) is 118 cm³/mol. The molecule has 1 aromatic carbocycles. The molecule has 1 aromatic rings. The van der Waals surface area contributed by atoms with Crippen LogP contribution in [-0.2, 0) is 0 Å². The third-order valence-electron chi connectivity index (χ3n) is 6.89. The number of hydrogen-bond acceptors (Lipinski definition) is 0. The minimum absolute atomic E-state index is 0. The summed E-state index contributed by atoms with van der Waals surface area (Å²) in [6.07, 6.45) is 13.3. The molecular formula is C22H37ClMgSi. The first-order chi connectivity index (χ1) is 11.8. The third kappa shape index (κ3) is 6.55. The molecule has 0 atom stereocenters. The number of rotatable bonds is 6. The maximum absolute atomic E-state index is 6.03. The van der Waals surface area contributed by atoms with Crippen molar-refractivity contribution in [2.45, 2.75) is 88.8 Å². The van der Waals surface area contributed by atoms with Gasteiger partial charge in [0.2, 0.25) is 0 Å². The van der Waals surface area contributed by atoms with Crippen molar-refractivity contribution in [3.05, 3.63) is 34.9 Å². The van der Waals surface area contributed by atoms with Crippen molar-refractivity contribution in [2.24, 2.45) is 11.8 Å². The molecule has 1 saturated heterocycles. The van der Waals surface area contributed by atoms with Gasteiger partial charge in [-0.05, 0) is 61.1 Å². The van der Waals surface area contributed by atoms with E-state index in [2.05, 4.69) is 31.2 Å². The third-order valence-corrected chi connectivity index (χ3v) is 10.7. The van der Waals surface area contributed by atoms with E-state index in [4.69, 9.17) is 11.6 Å². The van der Waals surface area contributed by atoms with Crippen LogP contribution in [0.2, 0.25) is 23.2 Å². The van der Waals surface area contributed by atoms with Crippen LogP contribution in [0.5, 0.6) is 0 Å². The van der Waals surface area contributed by atoms with Crippen molar-refractivity contribution in [2.75, 3.05) is 0 Å². The van der Waals surface area contributed by atoms with Gasteiger partial charge in [-0.15, -0.1) is 0 Å². The van der Waals surface area contributed by atoms with E-state index >= 15 is 0 Å². The monoisotopic (exact) mass is 388 g/mol. The molecule has 2 fully saturated rings. The van der Waals surface area contributed by atoms with Crippen molar-refractivity contribution >= 4 is 43.5 Å².